The first-order valence-electron chi connectivity index (χ1n) is 11.9. The maximum absolute atomic E-state index is 13.5. The van der Waals surface area contributed by atoms with Gasteiger partial charge in [0.25, 0.3) is 5.56 Å². The molecule has 5 rings (SSSR count). The largest absolute Gasteiger partial charge is 0.339 e. The number of fused-ring (bicyclic) bond motifs is 3. The number of carbonyl (C=O) groups is 1. The number of aromatic nitrogens is 4. The average molecular weight is 476 g/mol. The fourth-order valence-electron chi connectivity index (χ4n) is 5.01. The van der Waals surface area contributed by atoms with Gasteiger partial charge in [-0.2, -0.15) is 0 Å². The van der Waals surface area contributed by atoms with Crippen LogP contribution in [-0.2, 0) is 4.79 Å². The Morgan fingerprint density at radius 3 is 2.74 bits per heavy atom. The number of carbonyl (C=O) groups excluding carboxylic acids is 1. The second-order valence-corrected chi connectivity index (χ2v) is 9.94. The average Bonchev–Trinajstić information content (AvgIpc) is 3.27. The molecule has 1 atom stereocenters. The van der Waals surface area contributed by atoms with E-state index in [1.807, 2.05) is 59.5 Å². The van der Waals surface area contributed by atoms with Crippen molar-refractivity contribution in [1.82, 2.24) is 24.1 Å². The van der Waals surface area contributed by atoms with E-state index < -0.39 is 0 Å². The van der Waals surface area contributed by atoms with E-state index in [1.165, 1.54) is 18.2 Å². The van der Waals surface area contributed by atoms with Crippen LogP contribution in [0.2, 0.25) is 0 Å². The summed E-state index contributed by atoms with van der Waals surface area (Å²) in [5, 5.41) is 10.0. The predicted octanol–water partition coefficient (Wildman–Crippen LogP) is 4.53. The van der Waals surface area contributed by atoms with Crippen LogP contribution in [0.3, 0.4) is 0 Å². The highest BCUT2D eigenvalue weighted by molar-refractivity contribution is 7.99. The Labute approximate surface area is 202 Å². The number of aryl methyl sites for hydroxylation is 2. The Hall–Kier alpha value is -3.13. The molecule has 2 aromatic heterocycles. The van der Waals surface area contributed by atoms with E-state index in [4.69, 9.17) is 0 Å². The minimum absolute atomic E-state index is 0.130. The van der Waals surface area contributed by atoms with Crippen molar-refractivity contribution in [1.29, 1.82) is 0 Å². The summed E-state index contributed by atoms with van der Waals surface area (Å²) in [6, 6.07) is 13.8. The third-order valence-electron chi connectivity index (χ3n) is 6.73. The van der Waals surface area contributed by atoms with Crippen LogP contribution in [0.25, 0.3) is 22.4 Å². The molecule has 1 aliphatic heterocycles. The minimum Gasteiger partial charge on any atom is -0.339 e. The number of amides is 1. The molecule has 1 unspecified atom stereocenters. The first kappa shape index (κ1) is 22.7. The molecule has 2 aromatic carbocycles. The summed E-state index contributed by atoms with van der Waals surface area (Å²) in [5.74, 6) is 0.893. The maximum Gasteiger partial charge on any atom is 0.267 e. The first-order valence-corrected chi connectivity index (χ1v) is 12.9. The molecule has 34 heavy (non-hydrogen) atoms. The zero-order chi connectivity index (χ0) is 23.8. The van der Waals surface area contributed by atoms with Crippen LogP contribution in [-0.4, -0.2) is 48.3 Å². The van der Waals surface area contributed by atoms with Crippen molar-refractivity contribution in [2.24, 2.45) is 0 Å². The van der Waals surface area contributed by atoms with Gasteiger partial charge >= 0.3 is 0 Å². The minimum atomic E-state index is -0.130. The van der Waals surface area contributed by atoms with Crippen molar-refractivity contribution in [3.8, 4) is 5.69 Å². The Kier molecular flexibility index (Phi) is 6.16. The van der Waals surface area contributed by atoms with Gasteiger partial charge in [0.15, 0.2) is 5.16 Å². The van der Waals surface area contributed by atoms with E-state index in [9.17, 15) is 9.59 Å². The van der Waals surface area contributed by atoms with Crippen molar-refractivity contribution in [2.45, 2.75) is 57.7 Å². The van der Waals surface area contributed by atoms with Crippen LogP contribution in [0.1, 0.15) is 43.7 Å². The zero-order valence-electron chi connectivity index (χ0n) is 19.8. The molecule has 7 nitrogen and oxygen atoms in total. The van der Waals surface area contributed by atoms with Crippen molar-refractivity contribution < 1.29 is 4.79 Å². The summed E-state index contributed by atoms with van der Waals surface area (Å²) < 4.78 is 3.54. The quantitative estimate of drug-likeness (QED) is 0.397. The lowest BCUT2D eigenvalue weighted by Gasteiger charge is -2.35. The first-order chi connectivity index (χ1) is 16.5. The smallest absolute Gasteiger partial charge is 0.267 e. The van der Waals surface area contributed by atoms with Crippen molar-refractivity contribution in [2.75, 3.05) is 12.3 Å². The van der Waals surface area contributed by atoms with Crippen LogP contribution >= 0.6 is 11.8 Å². The lowest BCUT2D eigenvalue weighted by molar-refractivity contribution is -0.132. The molecule has 4 aromatic rings. The Morgan fingerprint density at radius 2 is 1.94 bits per heavy atom. The van der Waals surface area contributed by atoms with Gasteiger partial charge in [-0.15, -0.1) is 10.2 Å². The second-order valence-electron chi connectivity index (χ2n) is 9.00. The third kappa shape index (κ3) is 3.90. The molecule has 3 heterocycles. The van der Waals surface area contributed by atoms with E-state index >= 15 is 0 Å². The Morgan fingerprint density at radius 1 is 1.12 bits per heavy atom. The number of likely N-dealkylation sites (tertiary alicyclic amines) is 1. The lowest BCUT2D eigenvalue weighted by Crippen LogP contribution is -2.44. The number of rotatable bonds is 5. The van der Waals surface area contributed by atoms with E-state index in [-0.39, 0.29) is 11.5 Å². The molecule has 1 fully saturated rings. The molecule has 176 valence electrons. The Bertz CT molecular complexity index is 1440. The molecule has 0 bridgehead atoms. The Balaban J connectivity index is 1.59. The van der Waals surface area contributed by atoms with Gasteiger partial charge < -0.3 is 4.90 Å². The summed E-state index contributed by atoms with van der Waals surface area (Å²) in [7, 11) is 0. The highest BCUT2D eigenvalue weighted by Crippen LogP contribution is 2.26. The number of para-hydroxylation sites is 1. The van der Waals surface area contributed by atoms with Crippen LogP contribution in [0.15, 0.2) is 52.4 Å². The van der Waals surface area contributed by atoms with E-state index in [0.29, 0.717) is 28.1 Å². The van der Waals surface area contributed by atoms with Gasteiger partial charge in [-0.25, -0.2) is 4.57 Å². The van der Waals surface area contributed by atoms with Gasteiger partial charge in [-0.05, 0) is 63.3 Å². The summed E-state index contributed by atoms with van der Waals surface area (Å²) in [5.41, 5.74) is 3.51. The van der Waals surface area contributed by atoms with Crippen LogP contribution < -0.4 is 5.56 Å². The number of hydrogen-bond donors (Lipinski definition) is 0. The summed E-state index contributed by atoms with van der Waals surface area (Å²) in [4.78, 5) is 28.7. The van der Waals surface area contributed by atoms with Crippen LogP contribution in [0.4, 0.5) is 0 Å². The van der Waals surface area contributed by atoms with Crippen molar-refractivity contribution in [3.63, 3.8) is 0 Å². The SMILES string of the molecule is CCC1CCCCN1C(=O)CSc1nnc2n(-c3ccc(C)cc3C)c(=O)c3ccccc3n12. The molecule has 1 aliphatic rings. The molecule has 0 aliphatic carbocycles. The topological polar surface area (TPSA) is 72.5 Å². The second kappa shape index (κ2) is 9.25. The highest BCUT2D eigenvalue weighted by atomic mass is 32.2. The lowest BCUT2D eigenvalue weighted by atomic mass is 10.0. The molecule has 0 radical (unpaired) electrons. The molecule has 1 saturated heterocycles. The van der Waals surface area contributed by atoms with Crippen molar-refractivity contribution in [3.05, 3.63) is 63.9 Å². The number of benzene rings is 2. The van der Waals surface area contributed by atoms with E-state index in [1.54, 1.807) is 4.57 Å². The normalized spacial score (nSPS) is 16.4. The summed E-state index contributed by atoms with van der Waals surface area (Å²) >= 11 is 1.38. The number of piperidine rings is 1. The van der Waals surface area contributed by atoms with E-state index in [2.05, 4.69) is 23.2 Å². The number of thioether (sulfide) groups is 1. The van der Waals surface area contributed by atoms with Gasteiger partial charge in [0.05, 0.1) is 22.3 Å². The van der Waals surface area contributed by atoms with E-state index in [0.717, 1.165) is 48.1 Å². The van der Waals surface area contributed by atoms with Gasteiger partial charge in [0, 0.05) is 12.6 Å². The maximum atomic E-state index is 13.5. The number of hydrogen-bond acceptors (Lipinski definition) is 5. The molecule has 0 spiro atoms. The van der Waals surface area contributed by atoms with Gasteiger partial charge in [0.2, 0.25) is 11.7 Å². The van der Waals surface area contributed by atoms with Crippen LogP contribution in [0.5, 0.6) is 0 Å². The van der Waals surface area contributed by atoms with Crippen LogP contribution in [0, 0.1) is 13.8 Å². The van der Waals surface area contributed by atoms with Gasteiger partial charge in [0.1, 0.15) is 0 Å². The van der Waals surface area contributed by atoms with Gasteiger partial charge in [-0.3, -0.25) is 14.0 Å². The summed E-state index contributed by atoms with van der Waals surface area (Å²) in [6.07, 6.45) is 4.31. The molecule has 1 amide bonds. The standard InChI is InChI=1S/C26H29N5O2S/c1-4-19-9-7-8-14-29(19)23(32)16-34-26-28-27-25-30(21-13-12-17(2)15-18(21)3)24(33)20-10-5-6-11-22(20)31(25)26/h5-6,10-13,15,19H,4,7-9,14,16H2,1-3H3. The monoisotopic (exact) mass is 475 g/mol. The molecule has 0 N–H and O–H groups in total. The fourth-order valence-corrected chi connectivity index (χ4v) is 5.83. The molecular formula is C26H29N5O2S. The van der Waals surface area contributed by atoms with Crippen molar-refractivity contribution >= 4 is 34.3 Å². The zero-order valence-corrected chi connectivity index (χ0v) is 20.6. The predicted molar refractivity (Wildman–Crippen MR) is 136 cm³/mol. The third-order valence-corrected chi connectivity index (χ3v) is 7.65. The summed E-state index contributed by atoms with van der Waals surface area (Å²) in [6.45, 7) is 7.00. The highest BCUT2D eigenvalue weighted by Gasteiger charge is 2.26. The molecule has 0 saturated carbocycles. The van der Waals surface area contributed by atoms with Gasteiger partial charge in [-0.1, -0.05) is 48.5 Å². The molecule has 8 heteroatoms. The molecular weight excluding hydrogens is 446 g/mol. The fraction of sp³-hybridized carbons (Fsp3) is 0.385. The number of nitrogens with zero attached hydrogens (tertiary/aromatic N) is 5.